The topological polar surface area (TPSA) is 88.5 Å². The van der Waals surface area contributed by atoms with E-state index in [0.717, 1.165) is 27.7 Å². The molecule has 0 radical (unpaired) electrons. The Hall–Kier alpha value is -3.92. The van der Waals surface area contributed by atoms with E-state index in [2.05, 4.69) is 45.2 Å². The average molecular weight is 398 g/mol. The van der Waals surface area contributed by atoms with Crippen LogP contribution in [-0.4, -0.2) is 25.2 Å². The number of nitriles is 1. The summed E-state index contributed by atoms with van der Waals surface area (Å²) in [6, 6.07) is 13.7. The van der Waals surface area contributed by atoms with Crippen molar-refractivity contribution in [3.8, 4) is 6.07 Å². The summed E-state index contributed by atoms with van der Waals surface area (Å²) < 4.78 is 3.78. The normalized spacial score (nSPS) is 10.9. The first kappa shape index (κ1) is 19.4. The van der Waals surface area contributed by atoms with Gasteiger partial charge in [-0.3, -0.25) is 9.48 Å². The Morgan fingerprint density at radius 3 is 2.80 bits per heavy atom. The van der Waals surface area contributed by atoms with Gasteiger partial charge in [0.25, 0.3) is 0 Å². The largest absolute Gasteiger partial charge is 0.350 e. The molecular formula is C23H22N6O. The molecule has 7 heteroatoms. The fraction of sp³-hybridized carbons (Fsp3) is 0.217. The van der Waals surface area contributed by atoms with E-state index in [-0.39, 0.29) is 12.3 Å². The number of hydrogen-bond acceptors (Lipinski definition) is 4. The Labute approximate surface area is 174 Å². The number of carbonyl (C=O) groups is 1. The highest BCUT2D eigenvalue weighted by atomic mass is 16.1. The maximum absolute atomic E-state index is 12.5. The smallest absolute Gasteiger partial charge is 0.229 e. The summed E-state index contributed by atoms with van der Waals surface area (Å²) in [6.07, 6.45) is 4.15. The molecule has 3 heterocycles. The molecule has 0 unspecified atom stereocenters. The number of anilines is 1. The fourth-order valence-corrected chi connectivity index (χ4v) is 3.57. The zero-order valence-electron chi connectivity index (χ0n) is 17.2. The number of amides is 1. The van der Waals surface area contributed by atoms with Crippen LogP contribution in [0.25, 0.3) is 10.9 Å². The molecule has 0 atom stereocenters. The summed E-state index contributed by atoms with van der Waals surface area (Å²) in [7, 11) is 2.02. The van der Waals surface area contributed by atoms with Crippen LogP contribution in [0.3, 0.4) is 0 Å². The molecule has 1 N–H and O–H groups in total. The maximum atomic E-state index is 12.5. The van der Waals surface area contributed by atoms with Gasteiger partial charge in [-0.15, -0.1) is 0 Å². The van der Waals surface area contributed by atoms with Crippen LogP contribution in [0.2, 0.25) is 0 Å². The van der Waals surface area contributed by atoms with Gasteiger partial charge in [0.1, 0.15) is 11.8 Å². The van der Waals surface area contributed by atoms with E-state index < -0.39 is 0 Å². The van der Waals surface area contributed by atoms with E-state index in [1.165, 1.54) is 5.56 Å². The summed E-state index contributed by atoms with van der Waals surface area (Å²) >= 11 is 0. The first-order valence-electron chi connectivity index (χ1n) is 9.67. The van der Waals surface area contributed by atoms with Crippen molar-refractivity contribution in [1.29, 1.82) is 5.26 Å². The lowest BCUT2D eigenvalue weighted by atomic mass is 10.1. The first-order chi connectivity index (χ1) is 14.4. The minimum absolute atomic E-state index is 0.117. The molecular weight excluding hydrogens is 376 g/mol. The Morgan fingerprint density at radius 1 is 1.17 bits per heavy atom. The van der Waals surface area contributed by atoms with Crippen LogP contribution in [0.4, 0.5) is 5.82 Å². The number of pyridine rings is 1. The van der Waals surface area contributed by atoms with Gasteiger partial charge in [0, 0.05) is 36.4 Å². The van der Waals surface area contributed by atoms with Crippen LogP contribution in [0.1, 0.15) is 28.1 Å². The summed E-state index contributed by atoms with van der Waals surface area (Å²) in [5.74, 6) is 0.373. The highest BCUT2D eigenvalue weighted by Crippen LogP contribution is 2.21. The molecule has 0 aliphatic rings. The van der Waals surface area contributed by atoms with Crippen LogP contribution in [0.5, 0.6) is 0 Å². The SMILES string of the molecule is Cc1ccc(Cn2ccc(NC(=O)Cc3ccc4c(c3)c(C)cn4C)n2)nc1C#N. The molecule has 0 aliphatic carbocycles. The Kier molecular flexibility index (Phi) is 5.07. The van der Waals surface area contributed by atoms with Crippen LogP contribution in [0.15, 0.2) is 48.8 Å². The lowest BCUT2D eigenvalue weighted by Crippen LogP contribution is -2.15. The van der Waals surface area contributed by atoms with Crippen LogP contribution in [-0.2, 0) is 24.8 Å². The van der Waals surface area contributed by atoms with Crippen molar-refractivity contribution in [3.05, 3.63) is 76.9 Å². The second-order valence-electron chi connectivity index (χ2n) is 7.48. The van der Waals surface area contributed by atoms with Crippen molar-refractivity contribution in [3.63, 3.8) is 0 Å². The summed E-state index contributed by atoms with van der Waals surface area (Å²) in [5, 5.41) is 17.5. The predicted octanol–water partition coefficient (Wildman–Crippen LogP) is 3.49. The predicted molar refractivity (Wildman–Crippen MR) is 115 cm³/mol. The molecule has 0 fully saturated rings. The van der Waals surface area contributed by atoms with E-state index in [0.29, 0.717) is 18.1 Å². The molecule has 7 nitrogen and oxygen atoms in total. The monoisotopic (exact) mass is 398 g/mol. The highest BCUT2D eigenvalue weighted by Gasteiger charge is 2.10. The second-order valence-corrected chi connectivity index (χ2v) is 7.48. The molecule has 0 spiro atoms. The first-order valence-corrected chi connectivity index (χ1v) is 9.67. The molecule has 1 aromatic carbocycles. The van der Waals surface area contributed by atoms with Gasteiger partial charge in [-0.25, -0.2) is 4.98 Å². The molecule has 4 rings (SSSR count). The lowest BCUT2D eigenvalue weighted by molar-refractivity contribution is -0.115. The van der Waals surface area contributed by atoms with Gasteiger partial charge in [0.05, 0.1) is 18.7 Å². The number of aryl methyl sites for hydroxylation is 3. The number of aromatic nitrogens is 4. The van der Waals surface area contributed by atoms with E-state index in [9.17, 15) is 4.79 Å². The molecule has 1 amide bonds. The van der Waals surface area contributed by atoms with Crippen molar-refractivity contribution in [2.75, 3.05) is 5.32 Å². The van der Waals surface area contributed by atoms with Crippen molar-refractivity contribution in [2.24, 2.45) is 7.05 Å². The number of nitrogens with one attached hydrogen (secondary N) is 1. The van der Waals surface area contributed by atoms with E-state index in [1.54, 1.807) is 16.9 Å². The van der Waals surface area contributed by atoms with E-state index in [1.807, 2.05) is 38.2 Å². The van der Waals surface area contributed by atoms with E-state index >= 15 is 0 Å². The molecule has 3 aromatic heterocycles. The fourth-order valence-electron chi connectivity index (χ4n) is 3.57. The molecule has 0 saturated heterocycles. The van der Waals surface area contributed by atoms with Gasteiger partial charge < -0.3 is 9.88 Å². The molecule has 4 aromatic rings. The number of rotatable bonds is 5. The summed E-state index contributed by atoms with van der Waals surface area (Å²) in [4.78, 5) is 16.8. The second kappa shape index (κ2) is 7.84. The molecule has 150 valence electrons. The zero-order chi connectivity index (χ0) is 21.3. The van der Waals surface area contributed by atoms with Gasteiger partial charge in [0.2, 0.25) is 5.91 Å². The zero-order valence-corrected chi connectivity index (χ0v) is 17.2. The number of hydrogen-bond donors (Lipinski definition) is 1. The number of nitrogens with zero attached hydrogens (tertiary/aromatic N) is 5. The average Bonchev–Trinajstić information content (AvgIpc) is 3.26. The quantitative estimate of drug-likeness (QED) is 0.557. The third-order valence-electron chi connectivity index (χ3n) is 5.11. The minimum atomic E-state index is -0.117. The number of carbonyl (C=O) groups excluding carboxylic acids is 1. The minimum Gasteiger partial charge on any atom is -0.350 e. The van der Waals surface area contributed by atoms with Crippen LogP contribution < -0.4 is 5.32 Å². The van der Waals surface area contributed by atoms with Crippen LogP contribution in [0, 0.1) is 25.2 Å². The van der Waals surface area contributed by atoms with Gasteiger partial charge in [-0.1, -0.05) is 12.1 Å². The Bertz CT molecular complexity index is 1290. The van der Waals surface area contributed by atoms with Gasteiger partial charge in [-0.05, 0) is 48.7 Å². The molecule has 30 heavy (non-hydrogen) atoms. The van der Waals surface area contributed by atoms with Crippen molar-refractivity contribution in [1.82, 2.24) is 19.3 Å². The van der Waals surface area contributed by atoms with Crippen LogP contribution >= 0.6 is 0 Å². The van der Waals surface area contributed by atoms with Gasteiger partial charge >= 0.3 is 0 Å². The molecule has 0 aliphatic heterocycles. The highest BCUT2D eigenvalue weighted by molar-refractivity contribution is 5.92. The van der Waals surface area contributed by atoms with Crippen molar-refractivity contribution >= 4 is 22.6 Å². The Balaban J connectivity index is 1.42. The number of benzene rings is 1. The van der Waals surface area contributed by atoms with Gasteiger partial charge in [0.15, 0.2) is 5.82 Å². The summed E-state index contributed by atoms with van der Waals surface area (Å²) in [5.41, 5.74) is 5.31. The Morgan fingerprint density at radius 2 is 2.00 bits per heavy atom. The third kappa shape index (κ3) is 3.94. The molecule has 0 saturated carbocycles. The van der Waals surface area contributed by atoms with E-state index in [4.69, 9.17) is 5.26 Å². The molecule has 0 bridgehead atoms. The lowest BCUT2D eigenvalue weighted by Gasteiger charge is -2.05. The van der Waals surface area contributed by atoms with Gasteiger partial charge in [-0.2, -0.15) is 10.4 Å². The number of fused-ring (bicyclic) bond motifs is 1. The standard InChI is InChI=1S/C23H22N6O/c1-15-4-6-18(25-20(15)12-24)14-29-9-8-22(27-29)26-23(30)11-17-5-7-21-19(10-17)16(2)13-28(21)3/h4-10,13H,11,14H2,1-3H3,(H,26,27,30). The third-order valence-corrected chi connectivity index (χ3v) is 5.11. The summed E-state index contributed by atoms with van der Waals surface area (Å²) in [6.45, 7) is 4.35. The maximum Gasteiger partial charge on any atom is 0.229 e. The van der Waals surface area contributed by atoms with Crippen molar-refractivity contribution in [2.45, 2.75) is 26.8 Å². The van der Waals surface area contributed by atoms with Crippen molar-refractivity contribution < 1.29 is 4.79 Å².